The molecule has 0 spiro atoms. The zero-order chi connectivity index (χ0) is 17.3. The minimum absolute atomic E-state index is 0.304. The molecule has 0 saturated carbocycles. The SMILES string of the molecule is OC(CNC1CCN(CCN2CCOCC2)CC1)Cc1ccccc1. The first-order valence-electron chi connectivity index (χ1n) is 9.77. The van der Waals surface area contributed by atoms with Gasteiger partial charge in [-0.25, -0.2) is 0 Å². The Morgan fingerprint density at radius 3 is 2.32 bits per heavy atom. The Balaban J connectivity index is 1.27. The van der Waals surface area contributed by atoms with Gasteiger partial charge in [0, 0.05) is 38.8 Å². The second-order valence-electron chi connectivity index (χ2n) is 7.32. The summed E-state index contributed by atoms with van der Waals surface area (Å²) in [6, 6.07) is 10.8. The van der Waals surface area contributed by atoms with Crippen LogP contribution in [0.2, 0.25) is 0 Å². The molecule has 1 atom stereocenters. The van der Waals surface area contributed by atoms with Gasteiger partial charge in [-0.2, -0.15) is 0 Å². The second kappa shape index (κ2) is 10.2. The Bertz CT molecular complexity index is 471. The smallest absolute Gasteiger partial charge is 0.0704 e. The number of rotatable bonds is 8. The first-order chi connectivity index (χ1) is 12.3. The molecule has 0 radical (unpaired) electrons. The molecule has 1 unspecified atom stereocenters. The predicted molar refractivity (Wildman–Crippen MR) is 101 cm³/mol. The Hall–Kier alpha value is -0.980. The number of morpholine rings is 1. The summed E-state index contributed by atoms with van der Waals surface area (Å²) in [5.41, 5.74) is 1.20. The molecular formula is C20H33N3O2. The maximum Gasteiger partial charge on any atom is 0.0704 e. The number of aliphatic hydroxyl groups excluding tert-OH is 1. The van der Waals surface area contributed by atoms with E-state index in [2.05, 4.69) is 27.2 Å². The highest BCUT2D eigenvalue weighted by Gasteiger charge is 2.20. The molecule has 5 nitrogen and oxygen atoms in total. The van der Waals surface area contributed by atoms with Gasteiger partial charge in [-0.15, -0.1) is 0 Å². The molecule has 140 valence electrons. The summed E-state index contributed by atoms with van der Waals surface area (Å²) in [5.74, 6) is 0. The monoisotopic (exact) mass is 347 g/mol. The van der Waals surface area contributed by atoms with Crippen LogP contribution in [0.1, 0.15) is 18.4 Å². The van der Waals surface area contributed by atoms with E-state index >= 15 is 0 Å². The minimum atomic E-state index is -0.304. The first kappa shape index (κ1) is 18.8. The molecule has 0 bridgehead atoms. The lowest BCUT2D eigenvalue weighted by Gasteiger charge is -2.35. The van der Waals surface area contributed by atoms with E-state index in [9.17, 15) is 5.11 Å². The van der Waals surface area contributed by atoms with Gasteiger partial charge in [0.2, 0.25) is 0 Å². The van der Waals surface area contributed by atoms with Crippen molar-refractivity contribution >= 4 is 0 Å². The summed E-state index contributed by atoms with van der Waals surface area (Å²) < 4.78 is 5.41. The fourth-order valence-electron chi connectivity index (χ4n) is 3.73. The Labute approximate surface area is 152 Å². The third-order valence-electron chi connectivity index (χ3n) is 5.38. The molecule has 0 aliphatic carbocycles. The van der Waals surface area contributed by atoms with Gasteiger partial charge in [-0.05, 0) is 37.9 Å². The van der Waals surface area contributed by atoms with Crippen molar-refractivity contribution in [2.45, 2.75) is 31.4 Å². The fourth-order valence-corrected chi connectivity index (χ4v) is 3.73. The minimum Gasteiger partial charge on any atom is -0.391 e. The lowest BCUT2D eigenvalue weighted by atomic mass is 10.0. The molecule has 0 aromatic heterocycles. The fraction of sp³-hybridized carbons (Fsp3) is 0.700. The van der Waals surface area contributed by atoms with Crippen molar-refractivity contribution in [1.29, 1.82) is 0 Å². The van der Waals surface area contributed by atoms with E-state index < -0.39 is 0 Å². The van der Waals surface area contributed by atoms with Crippen molar-refractivity contribution in [2.75, 3.05) is 59.0 Å². The highest BCUT2D eigenvalue weighted by Crippen LogP contribution is 2.11. The molecule has 1 aromatic rings. The van der Waals surface area contributed by atoms with Crippen LogP contribution < -0.4 is 5.32 Å². The van der Waals surface area contributed by atoms with E-state index in [1.807, 2.05) is 18.2 Å². The lowest BCUT2D eigenvalue weighted by Crippen LogP contribution is -2.47. The Morgan fingerprint density at radius 1 is 1.00 bits per heavy atom. The number of nitrogens with zero attached hydrogens (tertiary/aromatic N) is 2. The Kier molecular flexibility index (Phi) is 7.70. The van der Waals surface area contributed by atoms with Crippen LogP contribution in [0.4, 0.5) is 0 Å². The zero-order valence-electron chi connectivity index (χ0n) is 15.3. The first-order valence-corrected chi connectivity index (χ1v) is 9.77. The van der Waals surface area contributed by atoms with Crippen molar-refractivity contribution in [3.05, 3.63) is 35.9 Å². The van der Waals surface area contributed by atoms with Gasteiger partial charge in [0.05, 0.1) is 19.3 Å². The highest BCUT2D eigenvalue weighted by atomic mass is 16.5. The van der Waals surface area contributed by atoms with E-state index in [0.717, 1.165) is 52.4 Å². The lowest BCUT2D eigenvalue weighted by molar-refractivity contribution is 0.0317. The normalized spacial score (nSPS) is 22.1. The van der Waals surface area contributed by atoms with Crippen molar-refractivity contribution in [3.63, 3.8) is 0 Å². The number of piperidine rings is 1. The van der Waals surface area contributed by atoms with Crippen molar-refractivity contribution in [2.24, 2.45) is 0 Å². The largest absolute Gasteiger partial charge is 0.391 e. The molecule has 2 aliphatic heterocycles. The van der Waals surface area contributed by atoms with Crippen LogP contribution in [0.5, 0.6) is 0 Å². The number of hydrogen-bond donors (Lipinski definition) is 2. The van der Waals surface area contributed by atoms with Gasteiger partial charge in [0.15, 0.2) is 0 Å². The van der Waals surface area contributed by atoms with Gasteiger partial charge >= 0.3 is 0 Å². The van der Waals surface area contributed by atoms with Crippen LogP contribution >= 0.6 is 0 Å². The van der Waals surface area contributed by atoms with E-state index in [1.165, 1.54) is 24.9 Å². The average Bonchev–Trinajstić information content (AvgIpc) is 2.67. The third kappa shape index (κ3) is 6.68. The number of hydrogen-bond acceptors (Lipinski definition) is 5. The average molecular weight is 348 g/mol. The van der Waals surface area contributed by atoms with Crippen molar-refractivity contribution in [1.82, 2.24) is 15.1 Å². The topological polar surface area (TPSA) is 48.0 Å². The van der Waals surface area contributed by atoms with E-state index in [4.69, 9.17) is 4.74 Å². The quantitative estimate of drug-likeness (QED) is 0.734. The highest BCUT2D eigenvalue weighted by molar-refractivity contribution is 5.15. The van der Waals surface area contributed by atoms with Gasteiger partial charge in [0.1, 0.15) is 0 Å². The summed E-state index contributed by atoms with van der Waals surface area (Å²) >= 11 is 0. The molecule has 25 heavy (non-hydrogen) atoms. The summed E-state index contributed by atoms with van der Waals surface area (Å²) in [6.07, 6.45) is 2.79. The van der Waals surface area contributed by atoms with Gasteiger partial charge in [-0.1, -0.05) is 30.3 Å². The van der Waals surface area contributed by atoms with Crippen LogP contribution in [0.15, 0.2) is 30.3 Å². The summed E-state index contributed by atoms with van der Waals surface area (Å²) in [4.78, 5) is 5.09. The number of nitrogens with one attached hydrogen (secondary N) is 1. The van der Waals surface area contributed by atoms with Gasteiger partial charge < -0.3 is 20.1 Å². The molecule has 5 heteroatoms. The van der Waals surface area contributed by atoms with Crippen LogP contribution in [0.3, 0.4) is 0 Å². The van der Waals surface area contributed by atoms with Crippen LogP contribution in [-0.4, -0.2) is 86.1 Å². The molecule has 1 aromatic carbocycles. The number of aliphatic hydroxyl groups is 1. The molecule has 3 rings (SSSR count). The molecule has 2 saturated heterocycles. The van der Waals surface area contributed by atoms with Gasteiger partial charge in [-0.3, -0.25) is 4.90 Å². The molecule has 2 aliphatic rings. The molecule has 2 heterocycles. The number of ether oxygens (including phenoxy) is 1. The van der Waals surface area contributed by atoms with Crippen molar-refractivity contribution in [3.8, 4) is 0 Å². The number of likely N-dealkylation sites (tertiary alicyclic amines) is 1. The molecule has 2 fully saturated rings. The molecule has 2 N–H and O–H groups in total. The summed E-state index contributed by atoms with van der Waals surface area (Å²) in [6.45, 7) is 9.28. The molecule has 0 amide bonds. The summed E-state index contributed by atoms with van der Waals surface area (Å²) in [5, 5.41) is 13.8. The van der Waals surface area contributed by atoms with Crippen LogP contribution in [-0.2, 0) is 11.2 Å². The van der Waals surface area contributed by atoms with E-state index in [-0.39, 0.29) is 6.10 Å². The zero-order valence-corrected chi connectivity index (χ0v) is 15.3. The molecular weight excluding hydrogens is 314 g/mol. The van der Waals surface area contributed by atoms with Crippen LogP contribution in [0.25, 0.3) is 0 Å². The van der Waals surface area contributed by atoms with E-state index in [0.29, 0.717) is 12.6 Å². The maximum atomic E-state index is 10.2. The van der Waals surface area contributed by atoms with Gasteiger partial charge in [0.25, 0.3) is 0 Å². The van der Waals surface area contributed by atoms with E-state index in [1.54, 1.807) is 0 Å². The third-order valence-corrected chi connectivity index (χ3v) is 5.38. The Morgan fingerprint density at radius 2 is 1.64 bits per heavy atom. The standard InChI is InChI=1S/C20H33N3O2/c24-20(16-18-4-2-1-3-5-18)17-21-19-6-8-22(9-7-19)10-11-23-12-14-25-15-13-23/h1-5,19-21,24H,6-17H2. The van der Waals surface area contributed by atoms with Crippen molar-refractivity contribution < 1.29 is 9.84 Å². The van der Waals surface area contributed by atoms with Crippen LogP contribution in [0, 0.1) is 0 Å². The second-order valence-corrected chi connectivity index (χ2v) is 7.32. The maximum absolute atomic E-state index is 10.2. The number of benzene rings is 1. The summed E-state index contributed by atoms with van der Waals surface area (Å²) in [7, 11) is 0. The predicted octanol–water partition coefficient (Wildman–Crippen LogP) is 0.976.